The molecule has 1 N–H and O–H groups in total. The van der Waals surface area contributed by atoms with Gasteiger partial charge in [0.15, 0.2) is 6.10 Å². The molecule has 178 valence electrons. The van der Waals surface area contributed by atoms with Crippen LogP contribution in [-0.2, 0) is 26.8 Å². The van der Waals surface area contributed by atoms with E-state index in [1.165, 1.54) is 4.31 Å². The molecule has 1 atom stereocenters. The van der Waals surface area contributed by atoms with Gasteiger partial charge in [0.2, 0.25) is 0 Å². The summed E-state index contributed by atoms with van der Waals surface area (Å²) >= 11 is 5.92. The minimum atomic E-state index is -3.92. The van der Waals surface area contributed by atoms with Gasteiger partial charge in [0, 0.05) is 11.6 Å². The third-order valence-corrected chi connectivity index (χ3v) is 7.74. The number of halogens is 1. The number of rotatable bonds is 5. The molecular formula is C26H27ClN2O4S. The van der Waals surface area contributed by atoms with Crippen LogP contribution in [0.15, 0.2) is 77.7 Å². The molecule has 34 heavy (non-hydrogen) atoms. The monoisotopic (exact) mass is 498 g/mol. The fraction of sp³-hybridized carbons (Fsp3) is 0.269. The fourth-order valence-electron chi connectivity index (χ4n) is 3.71. The highest BCUT2D eigenvalue weighted by Crippen LogP contribution is 2.40. The van der Waals surface area contributed by atoms with Crippen LogP contribution in [0.2, 0.25) is 5.02 Å². The number of hydrogen-bond donors (Lipinski definition) is 1. The molecule has 0 aromatic heterocycles. The molecule has 1 aliphatic heterocycles. The molecule has 1 heterocycles. The molecule has 4 rings (SSSR count). The van der Waals surface area contributed by atoms with Crippen molar-refractivity contribution in [1.82, 2.24) is 5.32 Å². The van der Waals surface area contributed by atoms with E-state index in [1.54, 1.807) is 48.5 Å². The van der Waals surface area contributed by atoms with E-state index in [0.717, 1.165) is 11.1 Å². The molecule has 0 fully saturated rings. The molecule has 0 spiro atoms. The molecule has 6 nitrogen and oxygen atoms in total. The predicted octanol–water partition coefficient (Wildman–Crippen LogP) is 4.91. The Bertz CT molecular complexity index is 1290. The van der Waals surface area contributed by atoms with Crippen LogP contribution in [0.1, 0.15) is 31.9 Å². The number of sulfonamides is 1. The van der Waals surface area contributed by atoms with Gasteiger partial charge in [0.05, 0.1) is 17.1 Å². The average molecular weight is 499 g/mol. The third-order valence-electron chi connectivity index (χ3n) is 5.70. The average Bonchev–Trinajstić information content (AvgIpc) is 2.82. The van der Waals surface area contributed by atoms with Crippen molar-refractivity contribution in [1.29, 1.82) is 0 Å². The lowest BCUT2D eigenvalue weighted by molar-refractivity contribution is -0.127. The van der Waals surface area contributed by atoms with Crippen LogP contribution in [0.3, 0.4) is 0 Å². The predicted molar refractivity (Wildman–Crippen MR) is 134 cm³/mol. The van der Waals surface area contributed by atoms with E-state index >= 15 is 0 Å². The smallest absolute Gasteiger partial charge is 0.264 e. The van der Waals surface area contributed by atoms with Crippen LogP contribution in [0.4, 0.5) is 5.69 Å². The maximum absolute atomic E-state index is 13.6. The zero-order valence-corrected chi connectivity index (χ0v) is 20.9. The number of benzene rings is 3. The Morgan fingerprint density at radius 1 is 1.06 bits per heavy atom. The number of ether oxygens (including phenoxy) is 1. The van der Waals surface area contributed by atoms with Crippen LogP contribution in [0, 0.1) is 0 Å². The van der Waals surface area contributed by atoms with Gasteiger partial charge in [-0.3, -0.25) is 9.10 Å². The Kier molecular flexibility index (Phi) is 6.60. The Morgan fingerprint density at radius 3 is 2.38 bits per heavy atom. The Hall–Kier alpha value is -3.03. The highest BCUT2D eigenvalue weighted by Gasteiger charge is 2.38. The van der Waals surface area contributed by atoms with Crippen molar-refractivity contribution in [3.63, 3.8) is 0 Å². The lowest BCUT2D eigenvalue weighted by Crippen LogP contribution is -2.50. The number of carbonyl (C=O) groups is 1. The zero-order valence-electron chi connectivity index (χ0n) is 19.3. The Labute approximate surface area is 205 Å². The van der Waals surface area contributed by atoms with Crippen LogP contribution < -0.4 is 14.4 Å². The quantitative estimate of drug-likeness (QED) is 0.542. The minimum Gasteiger partial charge on any atom is -0.476 e. The van der Waals surface area contributed by atoms with E-state index < -0.39 is 22.0 Å². The van der Waals surface area contributed by atoms with Gasteiger partial charge in [-0.15, -0.1) is 0 Å². The van der Waals surface area contributed by atoms with E-state index in [9.17, 15) is 13.2 Å². The molecule has 0 radical (unpaired) electrons. The summed E-state index contributed by atoms with van der Waals surface area (Å²) in [4.78, 5) is 13.2. The molecule has 0 bridgehead atoms. The maximum Gasteiger partial charge on any atom is 0.264 e. The lowest BCUT2D eigenvalue weighted by Gasteiger charge is -2.36. The van der Waals surface area contributed by atoms with Crippen molar-refractivity contribution < 1.29 is 17.9 Å². The first-order valence-corrected chi connectivity index (χ1v) is 12.8. The SMILES string of the molecule is CC(C)(C)c1ccc2c(c1)N(S(=O)(=O)c1ccccc1)C[C@H](C(=O)NCc1ccc(Cl)cc1)O2. The van der Waals surface area contributed by atoms with Crippen molar-refractivity contribution in [2.75, 3.05) is 10.8 Å². The number of hydrogen-bond acceptors (Lipinski definition) is 4. The first-order chi connectivity index (χ1) is 16.1. The molecule has 3 aromatic rings. The topological polar surface area (TPSA) is 75.7 Å². The highest BCUT2D eigenvalue weighted by molar-refractivity contribution is 7.92. The normalized spacial score (nSPS) is 15.9. The molecule has 1 amide bonds. The molecule has 1 aliphatic rings. The van der Waals surface area contributed by atoms with E-state index in [-0.39, 0.29) is 23.4 Å². The second-order valence-electron chi connectivity index (χ2n) is 9.23. The Balaban J connectivity index is 1.66. The third kappa shape index (κ3) is 5.05. The van der Waals surface area contributed by atoms with Crippen LogP contribution in [0.5, 0.6) is 5.75 Å². The van der Waals surface area contributed by atoms with Crippen molar-refractivity contribution in [2.24, 2.45) is 0 Å². The maximum atomic E-state index is 13.6. The second kappa shape index (κ2) is 9.31. The van der Waals surface area contributed by atoms with Gasteiger partial charge in [-0.2, -0.15) is 0 Å². The molecule has 0 aliphatic carbocycles. The summed E-state index contributed by atoms with van der Waals surface area (Å²) in [7, 11) is -3.92. The summed E-state index contributed by atoms with van der Waals surface area (Å²) in [6.45, 7) is 6.31. The summed E-state index contributed by atoms with van der Waals surface area (Å²) in [5.41, 5.74) is 2.08. The Morgan fingerprint density at radius 2 is 1.74 bits per heavy atom. The standard InChI is InChI=1S/C26H27ClN2O4S/c1-26(2,3)19-11-14-23-22(15-19)29(34(31,32)21-7-5-4-6-8-21)17-24(33-23)25(30)28-16-18-9-12-20(27)13-10-18/h4-15,24H,16-17H2,1-3H3,(H,28,30)/t24-/m1/s1. The van der Waals surface area contributed by atoms with Crippen molar-refractivity contribution in [3.8, 4) is 5.75 Å². The fourth-order valence-corrected chi connectivity index (χ4v) is 5.32. The van der Waals surface area contributed by atoms with Crippen LogP contribution in [-0.4, -0.2) is 27.0 Å². The lowest BCUT2D eigenvalue weighted by atomic mass is 9.86. The number of fused-ring (bicyclic) bond motifs is 1. The number of nitrogens with one attached hydrogen (secondary N) is 1. The largest absolute Gasteiger partial charge is 0.476 e. The number of carbonyl (C=O) groups excluding carboxylic acids is 1. The van der Waals surface area contributed by atoms with Gasteiger partial charge >= 0.3 is 0 Å². The van der Waals surface area contributed by atoms with Gasteiger partial charge in [0.25, 0.3) is 15.9 Å². The zero-order chi connectivity index (χ0) is 24.5. The van der Waals surface area contributed by atoms with E-state index in [4.69, 9.17) is 16.3 Å². The van der Waals surface area contributed by atoms with Crippen LogP contribution >= 0.6 is 11.6 Å². The number of nitrogens with zero attached hydrogens (tertiary/aromatic N) is 1. The second-order valence-corrected chi connectivity index (χ2v) is 11.5. The van der Waals surface area contributed by atoms with Gasteiger partial charge in [-0.05, 0) is 52.9 Å². The first-order valence-electron chi connectivity index (χ1n) is 11.0. The van der Waals surface area contributed by atoms with Crippen molar-refractivity contribution in [2.45, 2.75) is 43.7 Å². The highest BCUT2D eigenvalue weighted by atomic mass is 35.5. The molecule has 8 heteroatoms. The molecule has 0 unspecified atom stereocenters. The summed E-state index contributed by atoms with van der Waals surface area (Å²) < 4.78 is 34.5. The van der Waals surface area contributed by atoms with E-state index in [1.807, 2.05) is 24.3 Å². The minimum absolute atomic E-state index is 0.135. The summed E-state index contributed by atoms with van der Waals surface area (Å²) in [6, 6.07) is 20.8. The van der Waals surface area contributed by atoms with Gasteiger partial charge < -0.3 is 10.1 Å². The number of amides is 1. The molecular weight excluding hydrogens is 472 g/mol. The van der Waals surface area contributed by atoms with E-state index in [0.29, 0.717) is 16.5 Å². The number of anilines is 1. The van der Waals surface area contributed by atoms with Crippen molar-refractivity contribution in [3.05, 3.63) is 88.9 Å². The summed E-state index contributed by atoms with van der Waals surface area (Å²) in [5, 5.41) is 3.45. The van der Waals surface area contributed by atoms with Gasteiger partial charge in [-0.25, -0.2) is 8.42 Å². The molecule has 0 saturated carbocycles. The first kappa shape index (κ1) is 24.1. The van der Waals surface area contributed by atoms with Gasteiger partial charge in [-0.1, -0.05) is 68.8 Å². The van der Waals surface area contributed by atoms with Crippen molar-refractivity contribution >= 4 is 33.2 Å². The molecule has 3 aromatic carbocycles. The molecule has 0 saturated heterocycles. The van der Waals surface area contributed by atoms with E-state index in [2.05, 4.69) is 26.1 Å². The van der Waals surface area contributed by atoms with Crippen LogP contribution in [0.25, 0.3) is 0 Å². The summed E-state index contributed by atoms with van der Waals surface area (Å²) in [5.74, 6) is -0.0424. The summed E-state index contributed by atoms with van der Waals surface area (Å²) in [6.07, 6.45) is -1.00. The van der Waals surface area contributed by atoms with Gasteiger partial charge in [0.1, 0.15) is 5.75 Å².